The molecule has 0 fully saturated rings. The van der Waals surface area contributed by atoms with Crippen LogP contribution in [0.15, 0.2) is 14.7 Å². The highest BCUT2D eigenvalue weighted by atomic mass is 79.9. The zero-order valence-corrected chi connectivity index (χ0v) is 14.0. The molecule has 0 radical (unpaired) electrons. The number of thioether (sulfide) groups is 1. The maximum atomic E-state index is 12.0. The summed E-state index contributed by atoms with van der Waals surface area (Å²) in [7, 11) is -3.47. The third-order valence-corrected chi connectivity index (χ3v) is 6.61. The van der Waals surface area contributed by atoms with Gasteiger partial charge in [0.1, 0.15) is 4.90 Å². The molecule has 4 nitrogen and oxygen atoms in total. The van der Waals surface area contributed by atoms with Gasteiger partial charge < -0.3 is 5.11 Å². The lowest BCUT2D eigenvalue weighted by Crippen LogP contribution is -2.24. The van der Waals surface area contributed by atoms with E-state index >= 15 is 0 Å². The zero-order valence-electron chi connectivity index (χ0n) is 9.98. The van der Waals surface area contributed by atoms with Crippen molar-refractivity contribution >= 4 is 49.1 Å². The quantitative estimate of drug-likeness (QED) is 0.686. The van der Waals surface area contributed by atoms with Gasteiger partial charge in [-0.2, -0.15) is 11.8 Å². The van der Waals surface area contributed by atoms with Crippen LogP contribution < -0.4 is 4.72 Å². The van der Waals surface area contributed by atoms with E-state index in [0.717, 1.165) is 18.6 Å². The number of hydrogen-bond donors (Lipinski definition) is 2. The van der Waals surface area contributed by atoms with Crippen LogP contribution in [0, 0.1) is 0 Å². The molecule has 0 spiro atoms. The lowest BCUT2D eigenvalue weighted by Gasteiger charge is -2.05. The fourth-order valence-electron chi connectivity index (χ4n) is 1.31. The molecule has 2 N–H and O–H groups in total. The molecule has 0 aliphatic heterocycles. The Labute approximate surface area is 124 Å². The van der Waals surface area contributed by atoms with E-state index in [4.69, 9.17) is 5.11 Å². The van der Waals surface area contributed by atoms with E-state index in [-0.39, 0.29) is 11.5 Å². The summed E-state index contributed by atoms with van der Waals surface area (Å²) in [5.74, 6) is 1.04. The molecule has 8 heteroatoms. The van der Waals surface area contributed by atoms with Gasteiger partial charge in [0.25, 0.3) is 0 Å². The molecule has 1 aromatic rings. The Morgan fingerprint density at radius 1 is 1.50 bits per heavy atom. The van der Waals surface area contributed by atoms with Crippen molar-refractivity contribution in [3.8, 4) is 0 Å². The number of sulfonamides is 1. The Morgan fingerprint density at radius 3 is 2.78 bits per heavy atom. The molecule has 0 unspecified atom stereocenters. The minimum atomic E-state index is -3.47. The molecular formula is C10H16BrNO3S3. The summed E-state index contributed by atoms with van der Waals surface area (Å²) in [6.45, 7) is 0.298. The van der Waals surface area contributed by atoms with E-state index < -0.39 is 10.0 Å². The summed E-state index contributed by atoms with van der Waals surface area (Å²) in [6.07, 6.45) is 3.86. The molecule has 0 saturated carbocycles. The molecule has 0 aliphatic rings. The van der Waals surface area contributed by atoms with Crippen LogP contribution in [0.2, 0.25) is 0 Å². The summed E-state index contributed by atoms with van der Waals surface area (Å²) in [5.41, 5.74) is 0. The average molecular weight is 374 g/mol. The molecule has 0 saturated heterocycles. The van der Waals surface area contributed by atoms with E-state index in [1.54, 1.807) is 11.8 Å². The highest BCUT2D eigenvalue weighted by molar-refractivity contribution is 9.11. The molecule has 1 rings (SSSR count). The number of halogens is 1. The van der Waals surface area contributed by atoms with Crippen molar-refractivity contribution in [2.75, 3.05) is 18.6 Å². The van der Waals surface area contributed by atoms with Crippen LogP contribution in [0.25, 0.3) is 0 Å². The first-order valence-electron chi connectivity index (χ1n) is 5.39. The van der Waals surface area contributed by atoms with Crippen molar-refractivity contribution in [1.82, 2.24) is 4.72 Å². The largest absolute Gasteiger partial charge is 0.391 e. The molecule has 104 valence electrons. The van der Waals surface area contributed by atoms with Crippen LogP contribution in [-0.2, 0) is 16.6 Å². The predicted octanol–water partition coefficient (Wildman–Crippen LogP) is 2.42. The van der Waals surface area contributed by atoms with Gasteiger partial charge >= 0.3 is 0 Å². The third kappa shape index (κ3) is 4.82. The molecule has 0 amide bonds. The van der Waals surface area contributed by atoms with Crippen LogP contribution in [-0.4, -0.2) is 32.1 Å². The van der Waals surface area contributed by atoms with Crippen molar-refractivity contribution < 1.29 is 13.5 Å². The molecule has 0 atom stereocenters. The second kappa shape index (κ2) is 7.86. The van der Waals surface area contributed by atoms with Crippen LogP contribution in [0.1, 0.15) is 17.7 Å². The normalized spacial score (nSPS) is 11.9. The van der Waals surface area contributed by atoms with Crippen LogP contribution >= 0.6 is 39.0 Å². The SMILES string of the molecule is CSCCCCNS(=O)(=O)c1cc(CO)sc1Br. The summed E-state index contributed by atoms with van der Waals surface area (Å²) in [6, 6.07) is 1.50. The van der Waals surface area contributed by atoms with Gasteiger partial charge in [-0.25, -0.2) is 13.1 Å². The Bertz CT molecular complexity index is 473. The summed E-state index contributed by atoms with van der Waals surface area (Å²) in [5, 5.41) is 8.99. The fourth-order valence-corrected chi connectivity index (χ4v) is 5.42. The van der Waals surface area contributed by atoms with Crippen molar-refractivity contribution in [1.29, 1.82) is 0 Å². The number of thiophene rings is 1. The highest BCUT2D eigenvalue weighted by Gasteiger charge is 2.20. The third-order valence-electron chi connectivity index (χ3n) is 2.22. The second-order valence-corrected chi connectivity index (χ2v) is 8.78. The van der Waals surface area contributed by atoms with Crippen LogP contribution in [0.4, 0.5) is 0 Å². The van der Waals surface area contributed by atoms with E-state index in [1.165, 1.54) is 17.4 Å². The first-order valence-corrected chi connectivity index (χ1v) is 9.87. The molecule has 18 heavy (non-hydrogen) atoms. The first kappa shape index (κ1) is 16.5. The van der Waals surface area contributed by atoms with Gasteiger partial charge in [-0.05, 0) is 46.8 Å². The molecular weight excluding hydrogens is 358 g/mol. The molecule has 1 heterocycles. The van der Waals surface area contributed by atoms with Crippen LogP contribution in [0.3, 0.4) is 0 Å². The predicted molar refractivity (Wildman–Crippen MR) is 80.7 cm³/mol. The van der Waals surface area contributed by atoms with Crippen molar-refractivity contribution in [2.24, 2.45) is 0 Å². The molecule has 0 aromatic carbocycles. The van der Waals surface area contributed by atoms with E-state index in [2.05, 4.69) is 20.7 Å². The standard InChI is InChI=1S/C10H16BrNO3S3/c1-16-5-3-2-4-12-18(14,15)9-6-8(7-13)17-10(9)11/h6,12-13H,2-5,7H2,1H3. The lowest BCUT2D eigenvalue weighted by atomic mass is 10.3. The topological polar surface area (TPSA) is 66.4 Å². The number of aliphatic hydroxyl groups is 1. The number of unbranched alkanes of at least 4 members (excludes halogenated alkanes) is 1. The lowest BCUT2D eigenvalue weighted by molar-refractivity contribution is 0.285. The van der Waals surface area contributed by atoms with E-state index in [9.17, 15) is 8.42 Å². The van der Waals surface area contributed by atoms with Gasteiger partial charge in [-0.1, -0.05) is 0 Å². The average Bonchev–Trinajstić information content (AvgIpc) is 2.71. The minimum Gasteiger partial charge on any atom is -0.391 e. The van der Waals surface area contributed by atoms with Crippen molar-refractivity contribution in [3.05, 3.63) is 14.7 Å². The fraction of sp³-hybridized carbons (Fsp3) is 0.600. The molecule has 0 bridgehead atoms. The molecule has 1 aromatic heterocycles. The minimum absolute atomic E-state index is 0.146. The monoisotopic (exact) mass is 373 g/mol. The molecule has 0 aliphatic carbocycles. The van der Waals surface area contributed by atoms with Crippen molar-refractivity contribution in [2.45, 2.75) is 24.3 Å². The summed E-state index contributed by atoms with van der Waals surface area (Å²) >= 11 is 6.20. The smallest absolute Gasteiger partial charge is 0.242 e. The summed E-state index contributed by atoms with van der Waals surface area (Å²) in [4.78, 5) is 0.839. The number of nitrogens with one attached hydrogen (secondary N) is 1. The Hall–Kier alpha value is 0.400. The zero-order chi connectivity index (χ0) is 13.6. The number of hydrogen-bond acceptors (Lipinski definition) is 5. The number of aliphatic hydroxyl groups excluding tert-OH is 1. The Kier molecular flexibility index (Phi) is 7.19. The highest BCUT2D eigenvalue weighted by Crippen LogP contribution is 2.31. The number of rotatable bonds is 8. The van der Waals surface area contributed by atoms with Gasteiger partial charge in [0.15, 0.2) is 0 Å². The first-order chi connectivity index (χ1) is 8.51. The Morgan fingerprint density at radius 2 is 2.22 bits per heavy atom. The Balaban J connectivity index is 2.60. The van der Waals surface area contributed by atoms with Gasteiger partial charge in [0.05, 0.1) is 10.4 Å². The summed E-state index contributed by atoms with van der Waals surface area (Å²) < 4.78 is 27.1. The van der Waals surface area contributed by atoms with Crippen molar-refractivity contribution in [3.63, 3.8) is 0 Å². The van der Waals surface area contributed by atoms with Crippen LogP contribution in [0.5, 0.6) is 0 Å². The van der Waals surface area contributed by atoms with Gasteiger partial charge in [0, 0.05) is 11.4 Å². The van der Waals surface area contributed by atoms with Gasteiger partial charge in [-0.15, -0.1) is 11.3 Å². The maximum Gasteiger partial charge on any atom is 0.242 e. The van der Waals surface area contributed by atoms with Gasteiger partial charge in [-0.3, -0.25) is 0 Å². The second-order valence-electron chi connectivity index (χ2n) is 3.61. The maximum absolute atomic E-state index is 12.0. The van der Waals surface area contributed by atoms with E-state index in [1.807, 2.05) is 6.26 Å². The van der Waals surface area contributed by atoms with Gasteiger partial charge in [0.2, 0.25) is 10.0 Å². The van der Waals surface area contributed by atoms with E-state index in [0.29, 0.717) is 15.2 Å².